The van der Waals surface area contributed by atoms with Gasteiger partial charge < -0.3 is 19.1 Å². The van der Waals surface area contributed by atoms with Crippen molar-refractivity contribution in [2.24, 2.45) is 0 Å². The van der Waals surface area contributed by atoms with Gasteiger partial charge in [-0.05, 0) is 31.5 Å². The van der Waals surface area contributed by atoms with Crippen LogP contribution in [0.25, 0.3) is 0 Å². The van der Waals surface area contributed by atoms with Gasteiger partial charge in [0, 0.05) is 6.07 Å². The molecule has 0 spiro atoms. The molecule has 2 aromatic rings. The largest absolute Gasteiger partial charge is 0.493 e. The first-order chi connectivity index (χ1) is 9.10. The highest BCUT2D eigenvalue weighted by molar-refractivity contribution is 5.43. The zero-order valence-corrected chi connectivity index (χ0v) is 11.2. The Morgan fingerprint density at radius 3 is 2.68 bits per heavy atom. The summed E-state index contributed by atoms with van der Waals surface area (Å²) in [4.78, 5) is 0. The predicted octanol–water partition coefficient (Wildman–Crippen LogP) is 2.62. The van der Waals surface area contributed by atoms with Crippen LogP contribution < -0.4 is 9.47 Å². The number of nitrogens with zero attached hydrogens (tertiary/aromatic N) is 1. The maximum absolute atomic E-state index is 9.53. The fraction of sp³-hybridized carbons (Fsp3) is 0.357. The molecule has 0 aliphatic heterocycles. The molecule has 0 aliphatic carbocycles. The Morgan fingerprint density at radius 1 is 1.32 bits per heavy atom. The van der Waals surface area contributed by atoms with Gasteiger partial charge in [-0.25, -0.2) is 0 Å². The standard InChI is InChI=1S/C14H17NO4/c1-9-6-12(19-15-9)8-18-13-5-4-11(10(2)16)7-14(13)17-3/h4-7,10,16H,8H2,1-3H3/t10-/m0/s1. The van der Waals surface area contributed by atoms with Crippen LogP contribution in [0.15, 0.2) is 28.8 Å². The van der Waals surface area contributed by atoms with E-state index in [9.17, 15) is 5.11 Å². The first kappa shape index (κ1) is 13.4. The molecule has 1 atom stereocenters. The molecule has 0 saturated heterocycles. The summed E-state index contributed by atoms with van der Waals surface area (Å²) in [6.45, 7) is 3.84. The van der Waals surface area contributed by atoms with Crippen molar-refractivity contribution < 1.29 is 19.1 Å². The average molecular weight is 263 g/mol. The van der Waals surface area contributed by atoms with E-state index in [2.05, 4.69) is 5.16 Å². The van der Waals surface area contributed by atoms with E-state index < -0.39 is 6.10 Å². The summed E-state index contributed by atoms with van der Waals surface area (Å²) in [7, 11) is 1.56. The number of methoxy groups -OCH3 is 1. The minimum absolute atomic E-state index is 0.283. The van der Waals surface area contributed by atoms with Gasteiger partial charge in [0.1, 0.15) is 6.61 Å². The number of aliphatic hydroxyl groups excluding tert-OH is 1. The molecule has 5 heteroatoms. The Bertz CT molecular complexity index is 548. The molecule has 102 valence electrons. The SMILES string of the molecule is COc1cc([C@H](C)O)ccc1OCc1cc(C)no1. The molecule has 1 aromatic heterocycles. The minimum Gasteiger partial charge on any atom is -0.493 e. The smallest absolute Gasteiger partial charge is 0.174 e. The van der Waals surface area contributed by atoms with Crippen LogP contribution in [0, 0.1) is 6.92 Å². The van der Waals surface area contributed by atoms with E-state index in [1.807, 2.05) is 13.0 Å². The fourth-order valence-corrected chi connectivity index (χ4v) is 1.70. The number of aliphatic hydroxyl groups is 1. The lowest BCUT2D eigenvalue weighted by atomic mass is 10.1. The van der Waals surface area contributed by atoms with Crippen molar-refractivity contribution in [1.29, 1.82) is 0 Å². The summed E-state index contributed by atoms with van der Waals surface area (Å²) < 4.78 is 15.9. The zero-order chi connectivity index (χ0) is 13.8. The van der Waals surface area contributed by atoms with Crippen molar-refractivity contribution in [3.63, 3.8) is 0 Å². The first-order valence-electron chi connectivity index (χ1n) is 6.01. The van der Waals surface area contributed by atoms with E-state index in [0.717, 1.165) is 11.3 Å². The predicted molar refractivity (Wildman–Crippen MR) is 69.2 cm³/mol. The Hall–Kier alpha value is -2.01. The number of benzene rings is 1. The van der Waals surface area contributed by atoms with Crippen LogP contribution in [-0.2, 0) is 6.61 Å². The van der Waals surface area contributed by atoms with Gasteiger partial charge in [0.25, 0.3) is 0 Å². The Kier molecular flexibility index (Phi) is 4.06. The summed E-state index contributed by atoms with van der Waals surface area (Å²) >= 11 is 0. The van der Waals surface area contributed by atoms with Crippen molar-refractivity contribution in [3.8, 4) is 11.5 Å². The molecule has 19 heavy (non-hydrogen) atoms. The van der Waals surface area contributed by atoms with Crippen LogP contribution in [-0.4, -0.2) is 17.4 Å². The summed E-state index contributed by atoms with van der Waals surface area (Å²) in [5, 5.41) is 13.3. The Labute approximate surface area is 111 Å². The molecule has 1 aromatic carbocycles. The van der Waals surface area contributed by atoms with Gasteiger partial charge >= 0.3 is 0 Å². The zero-order valence-electron chi connectivity index (χ0n) is 11.2. The lowest BCUT2D eigenvalue weighted by Gasteiger charge is -2.12. The van der Waals surface area contributed by atoms with E-state index >= 15 is 0 Å². The lowest BCUT2D eigenvalue weighted by Crippen LogP contribution is -1.98. The maximum Gasteiger partial charge on any atom is 0.174 e. The second-order valence-corrected chi connectivity index (χ2v) is 4.31. The molecule has 5 nitrogen and oxygen atoms in total. The number of hydrogen-bond acceptors (Lipinski definition) is 5. The van der Waals surface area contributed by atoms with Gasteiger partial charge in [-0.1, -0.05) is 11.2 Å². The third-order valence-corrected chi connectivity index (χ3v) is 2.72. The summed E-state index contributed by atoms with van der Waals surface area (Å²) in [5.41, 5.74) is 1.59. The van der Waals surface area contributed by atoms with E-state index in [1.165, 1.54) is 0 Å². The first-order valence-corrected chi connectivity index (χ1v) is 6.01. The second kappa shape index (κ2) is 5.75. The fourth-order valence-electron chi connectivity index (χ4n) is 1.70. The van der Waals surface area contributed by atoms with Crippen molar-refractivity contribution in [2.75, 3.05) is 7.11 Å². The average Bonchev–Trinajstić information content (AvgIpc) is 2.81. The van der Waals surface area contributed by atoms with Crippen molar-refractivity contribution >= 4 is 0 Å². The third-order valence-electron chi connectivity index (χ3n) is 2.72. The van der Waals surface area contributed by atoms with Gasteiger partial charge in [-0.2, -0.15) is 0 Å². The summed E-state index contributed by atoms with van der Waals surface area (Å²) in [5.74, 6) is 1.83. The molecule has 0 saturated carbocycles. The Balaban J connectivity index is 2.11. The lowest BCUT2D eigenvalue weighted by molar-refractivity contribution is 0.198. The van der Waals surface area contributed by atoms with E-state index in [4.69, 9.17) is 14.0 Å². The van der Waals surface area contributed by atoms with Crippen LogP contribution in [0.4, 0.5) is 0 Å². The van der Waals surface area contributed by atoms with Crippen LogP contribution in [0.1, 0.15) is 30.0 Å². The third kappa shape index (κ3) is 3.26. The van der Waals surface area contributed by atoms with E-state index in [1.54, 1.807) is 32.2 Å². The molecular weight excluding hydrogens is 246 g/mol. The number of ether oxygens (including phenoxy) is 2. The van der Waals surface area contributed by atoms with Gasteiger partial charge in [0.2, 0.25) is 0 Å². The van der Waals surface area contributed by atoms with E-state index in [0.29, 0.717) is 17.3 Å². The number of hydrogen-bond donors (Lipinski definition) is 1. The number of aryl methyl sites for hydroxylation is 1. The van der Waals surface area contributed by atoms with Crippen LogP contribution in [0.5, 0.6) is 11.5 Å². The van der Waals surface area contributed by atoms with Gasteiger partial charge in [0.05, 0.1) is 18.9 Å². The quantitative estimate of drug-likeness (QED) is 0.898. The number of aromatic nitrogens is 1. The highest BCUT2D eigenvalue weighted by Crippen LogP contribution is 2.30. The molecule has 0 fully saturated rings. The normalized spacial score (nSPS) is 12.2. The molecule has 0 amide bonds. The second-order valence-electron chi connectivity index (χ2n) is 4.31. The highest BCUT2D eigenvalue weighted by Gasteiger charge is 2.10. The summed E-state index contributed by atoms with van der Waals surface area (Å²) in [6, 6.07) is 7.14. The molecule has 0 bridgehead atoms. The molecule has 2 rings (SSSR count). The van der Waals surface area contributed by atoms with Crippen molar-refractivity contribution in [3.05, 3.63) is 41.3 Å². The molecule has 0 unspecified atom stereocenters. The van der Waals surface area contributed by atoms with Crippen LogP contribution >= 0.6 is 0 Å². The summed E-state index contributed by atoms with van der Waals surface area (Å²) in [6.07, 6.45) is -0.542. The topological polar surface area (TPSA) is 64.7 Å². The van der Waals surface area contributed by atoms with Gasteiger partial charge in [0.15, 0.2) is 17.3 Å². The molecular formula is C14H17NO4. The van der Waals surface area contributed by atoms with Crippen molar-refractivity contribution in [2.45, 2.75) is 26.6 Å². The molecule has 1 N–H and O–H groups in total. The van der Waals surface area contributed by atoms with Gasteiger partial charge in [-0.3, -0.25) is 0 Å². The molecule has 1 heterocycles. The Morgan fingerprint density at radius 2 is 2.11 bits per heavy atom. The van der Waals surface area contributed by atoms with E-state index in [-0.39, 0.29) is 6.61 Å². The van der Waals surface area contributed by atoms with Gasteiger partial charge in [-0.15, -0.1) is 0 Å². The van der Waals surface area contributed by atoms with Crippen LogP contribution in [0.2, 0.25) is 0 Å². The molecule has 0 aliphatic rings. The maximum atomic E-state index is 9.53. The number of rotatable bonds is 5. The van der Waals surface area contributed by atoms with Crippen LogP contribution in [0.3, 0.4) is 0 Å². The highest BCUT2D eigenvalue weighted by atomic mass is 16.5. The minimum atomic E-state index is -0.542. The van der Waals surface area contributed by atoms with Crippen molar-refractivity contribution in [1.82, 2.24) is 5.16 Å². The monoisotopic (exact) mass is 263 g/mol. The molecule has 0 radical (unpaired) electrons.